The fraction of sp³-hybridized carbons (Fsp3) is 0.458. The second-order valence-electron chi connectivity index (χ2n) is 9.67. The zero-order valence-electron chi connectivity index (χ0n) is 18.9. The van der Waals surface area contributed by atoms with Crippen LogP contribution < -0.4 is 0 Å². The number of carbonyl (C=O) groups is 2. The van der Waals surface area contributed by atoms with E-state index in [-0.39, 0.29) is 24.5 Å². The van der Waals surface area contributed by atoms with E-state index in [4.69, 9.17) is 4.74 Å². The van der Waals surface area contributed by atoms with Crippen LogP contribution in [0.15, 0.2) is 42.1 Å². The first-order chi connectivity index (χ1) is 16.4. The Balaban J connectivity index is 1.13. The van der Waals surface area contributed by atoms with Gasteiger partial charge in [-0.05, 0) is 79.5 Å². The van der Waals surface area contributed by atoms with E-state index in [0.29, 0.717) is 17.9 Å². The summed E-state index contributed by atoms with van der Waals surface area (Å²) in [6.07, 6.45) is 3.08. The predicted octanol–water partition coefficient (Wildman–Crippen LogP) is 1.45. The Kier molecular flexibility index (Phi) is 4.89. The largest absolute Gasteiger partial charge is 0.456 e. The zero-order chi connectivity index (χ0) is 23.4. The highest BCUT2D eigenvalue weighted by atomic mass is 16.5. The van der Waals surface area contributed by atoms with Crippen LogP contribution in [-0.4, -0.2) is 79.1 Å². The third-order valence-electron chi connectivity index (χ3n) is 7.57. The summed E-state index contributed by atoms with van der Waals surface area (Å²) in [4.78, 5) is 28.9. The van der Waals surface area contributed by atoms with Crippen LogP contribution in [-0.2, 0) is 14.3 Å². The second kappa shape index (κ2) is 7.85. The molecule has 2 saturated heterocycles. The summed E-state index contributed by atoms with van der Waals surface area (Å²) >= 11 is 0. The van der Waals surface area contributed by atoms with E-state index in [2.05, 4.69) is 20.4 Å². The number of aliphatic hydroxyl groups excluding tert-OH is 1. The Hall–Kier alpha value is -3.37. The Labute approximate surface area is 195 Å². The monoisotopic (exact) mass is 462 g/mol. The lowest BCUT2D eigenvalue weighted by Crippen LogP contribution is -2.45. The van der Waals surface area contributed by atoms with Crippen molar-refractivity contribution in [1.82, 2.24) is 29.8 Å². The van der Waals surface area contributed by atoms with Gasteiger partial charge in [-0.3, -0.25) is 4.79 Å². The van der Waals surface area contributed by atoms with E-state index in [9.17, 15) is 14.7 Å². The number of esters is 1. The molecule has 2 atom stereocenters. The van der Waals surface area contributed by atoms with Gasteiger partial charge in [0.15, 0.2) is 5.65 Å². The Morgan fingerprint density at radius 3 is 2.79 bits per heavy atom. The summed E-state index contributed by atoms with van der Waals surface area (Å²) in [6.45, 7) is 4.21. The minimum Gasteiger partial charge on any atom is -0.456 e. The van der Waals surface area contributed by atoms with E-state index >= 15 is 0 Å². The molecule has 3 aliphatic rings. The van der Waals surface area contributed by atoms with Gasteiger partial charge in [-0.1, -0.05) is 6.07 Å². The fourth-order valence-corrected chi connectivity index (χ4v) is 5.79. The fourth-order valence-electron chi connectivity index (χ4n) is 5.79. The number of carbonyl (C=O) groups excluding carboxylic acids is 2. The molecular formula is C24H26N6O4. The van der Waals surface area contributed by atoms with E-state index in [1.807, 2.05) is 37.3 Å². The maximum atomic E-state index is 13.4. The van der Waals surface area contributed by atoms with Crippen molar-refractivity contribution in [3.05, 3.63) is 47.7 Å². The predicted molar refractivity (Wildman–Crippen MR) is 121 cm³/mol. The lowest BCUT2D eigenvalue weighted by Gasteiger charge is -2.38. The summed E-state index contributed by atoms with van der Waals surface area (Å²) in [5.74, 6) is -0.274. The molecule has 3 aromatic rings. The third kappa shape index (κ3) is 3.36. The number of aliphatic hydroxyl groups is 1. The van der Waals surface area contributed by atoms with E-state index < -0.39 is 11.5 Å². The minimum atomic E-state index is -0.635. The molecule has 1 spiro atoms. The van der Waals surface area contributed by atoms with Crippen molar-refractivity contribution in [3.63, 3.8) is 0 Å². The Morgan fingerprint density at radius 2 is 2.03 bits per heavy atom. The summed E-state index contributed by atoms with van der Waals surface area (Å²) in [6, 6.07) is 9.69. The number of likely N-dealkylation sites (tertiary alicyclic amines) is 2. The third-order valence-corrected chi connectivity index (χ3v) is 7.57. The van der Waals surface area contributed by atoms with Gasteiger partial charge in [0.25, 0.3) is 0 Å². The van der Waals surface area contributed by atoms with Crippen LogP contribution in [0.25, 0.3) is 16.6 Å². The van der Waals surface area contributed by atoms with Crippen LogP contribution in [0.1, 0.15) is 37.9 Å². The smallest absolute Gasteiger partial charge is 0.333 e. The molecule has 176 valence electrons. The highest BCUT2D eigenvalue weighted by molar-refractivity contribution is 5.91. The van der Waals surface area contributed by atoms with Crippen molar-refractivity contribution in [3.8, 4) is 0 Å². The van der Waals surface area contributed by atoms with Crippen LogP contribution in [0.2, 0.25) is 0 Å². The molecule has 0 radical (unpaired) electrons. The van der Waals surface area contributed by atoms with Gasteiger partial charge >= 0.3 is 5.97 Å². The zero-order valence-corrected chi connectivity index (χ0v) is 18.9. The topological polar surface area (TPSA) is 113 Å². The van der Waals surface area contributed by atoms with Crippen LogP contribution in [0, 0.1) is 5.41 Å². The van der Waals surface area contributed by atoms with Crippen LogP contribution in [0.4, 0.5) is 0 Å². The van der Waals surface area contributed by atoms with Gasteiger partial charge in [0, 0.05) is 24.0 Å². The molecule has 1 N–H and O–H groups in total. The minimum absolute atomic E-state index is 0.0506. The number of piperidine rings is 1. The molecule has 1 amide bonds. The van der Waals surface area contributed by atoms with Crippen LogP contribution in [0.3, 0.4) is 0 Å². The maximum absolute atomic E-state index is 13.4. The number of tetrazole rings is 1. The lowest BCUT2D eigenvalue weighted by molar-refractivity contribution is -0.139. The molecule has 6 rings (SSSR count). The molecule has 2 unspecified atom stereocenters. The van der Waals surface area contributed by atoms with Gasteiger partial charge in [-0.25, -0.2) is 4.79 Å². The number of hydrogen-bond donors (Lipinski definition) is 1. The molecule has 0 bridgehead atoms. The first-order valence-corrected chi connectivity index (χ1v) is 11.7. The second-order valence-corrected chi connectivity index (χ2v) is 9.67. The summed E-state index contributed by atoms with van der Waals surface area (Å²) in [5, 5.41) is 23.6. The van der Waals surface area contributed by atoms with E-state index in [0.717, 1.165) is 48.8 Å². The van der Waals surface area contributed by atoms with E-state index in [1.54, 1.807) is 9.42 Å². The van der Waals surface area contributed by atoms with Gasteiger partial charge in [-0.15, -0.1) is 5.10 Å². The first kappa shape index (κ1) is 21.2. The van der Waals surface area contributed by atoms with Crippen molar-refractivity contribution in [2.75, 3.05) is 26.2 Å². The molecule has 3 aliphatic heterocycles. The number of rotatable bonds is 4. The quantitative estimate of drug-likeness (QED) is 0.580. The van der Waals surface area contributed by atoms with Gasteiger partial charge in [0.1, 0.15) is 6.61 Å². The molecule has 1 aromatic carbocycles. The number of ether oxygens (including phenoxy) is 1. The SMILES string of the molecule is CC1CC2(CCN(CC(O)c3ccc4c(ccc5nnnn54)c3)CC2)C(=O)N1C1=CC(=O)OC1. The molecular weight excluding hydrogens is 436 g/mol. The molecule has 2 aromatic heterocycles. The molecule has 5 heterocycles. The van der Waals surface area contributed by atoms with Crippen LogP contribution in [0.5, 0.6) is 0 Å². The van der Waals surface area contributed by atoms with Crippen molar-refractivity contribution >= 4 is 28.4 Å². The number of nitrogens with zero attached hydrogens (tertiary/aromatic N) is 6. The number of fused-ring (bicyclic) bond motifs is 3. The number of amides is 1. The molecule has 2 fully saturated rings. The van der Waals surface area contributed by atoms with Crippen LogP contribution >= 0.6 is 0 Å². The summed E-state index contributed by atoms with van der Waals surface area (Å²) in [7, 11) is 0. The number of β-amino-alcohol motifs (C(OH)–C–C–N with tert-alkyl or cyclic N) is 1. The molecule has 0 aliphatic carbocycles. The maximum Gasteiger partial charge on any atom is 0.333 e. The molecule has 0 saturated carbocycles. The average Bonchev–Trinajstić information content (AvgIpc) is 3.54. The van der Waals surface area contributed by atoms with Gasteiger partial charge < -0.3 is 19.6 Å². The number of benzene rings is 1. The van der Waals surface area contributed by atoms with Crippen molar-refractivity contribution < 1.29 is 19.4 Å². The van der Waals surface area contributed by atoms with Crippen molar-refractivity contribution in [2.45, 2.75) is 38.3 Å². The lowest BCUT2D eigenvalue weighted by atomic mass is 9.76. The van der Waals surface area contributed by atoms with E-state index in [1.165, 1.54) is 6.08 Å². The molecule has 10 heteroatoms. The van der Waals surface area contributed by atoms with Gasteiger partial charge in [0.05, 0.1) is 22.7 Å². The van der Waals surface area contributed by atoms with Crippen molar-refractivity contribution in [2.24, 2.45) is 5.41 Å². The van der Waals surface area contributed by atoms with Gasteiger partial charge in [-0.2, -0.15) is 4.52 Å². The standard InChI is InChI=1S/C24H26N6O4/c1-15-12-24(23(33)29(15)18-11-22(32)34-14-18)6-8-28(9-7-24)13-20(31)17-2-4-19-16(10-17)3-5-21-25-26-27-30(19)21/h2-5,10-11,15,20,31H,6-9,12-14H2,1H3. The average molecular weight is 463 g/mol. The highest BCUT2D eigenvalue weighted by Crippen LogP contribution is 2.46. The number of cyclic esters (lactones) is 1. The van der Waals surface area contributed by atoms with Crippen molar-refractivity contribution in [1.29, 1.82) is 0 Å². The number of hydrogen-bond acceptors (Lipinski definition) is 8. The number of pyridine rings is 1. The first-order valence-electron chi connectivity index (χ1n) is 11.7. The Morgan fingerprint density at radius 1 is 1.21 bits per heavy atom. The Bertz CT molecular complexity index is 1330. The van der Waals surface area contributed by atoms with Gasteiger partial charge in [0.2, 0.25) is 5.91 Å². The summed E-state index contributed by atoms with van der Waals surface area (Å²) < 4.78 is 6.71. The number of aromatic nitrogens is 4. The normalized spacial score (nSPS) is 23.8. The summed E-state index contributed by atoms with van der Waals surface area (Å²) in [5.41, 5.74) is 2.69. The molecule has 34 heavy (non-hydrogen) atoms. The molecule has 10 nitrogen and oxygen atoms in total. The highest BCUT2D eigenvalue weighted by Gasteiger charge is 2.52.